The number of methoxy groups -OCH3 is 2. The molecule has 0 bridgehead atoms. The number of nitrogens with one attached hydrogen (secondary N) is 2. The second-order valence-corrected chi connectivity index (χ2v) is 6.71. The number of rotatable bonds is 9. The number of thiophene rings is 1. The number of ether oxygens (including phenoxy) is 3. The number of esters is 1. The van der Waals surface area contributed by atoms with Crippen LogP contribution >= 0.6 is 11.3 Å². The number of carbonyl (C=O) groups is 3. The van der Waals surface area contributed by atoms with Crippen LogP contribution in [0.2, 0.25) is 0 Å². The van der Waals surface area contributed by atoms with E-state index in [9.17, 15) is 14.4 Å². The smallest absolute Gasteiger partial charge is 0.331 e. The molecule has 0 atom stereocenters. The molecule has 0 fully saturated rings. The van der Waals surface area contributed by atoms with Gasteiger partial charge in [-0.2, -0.15) is 0 Å². The molecule has 29 heavy (non-hydrogen) atoms. The van der Waals surface area contributed by atoms with Gasteiger partial charge in [0.1, 0.15) is 11.5 Å². The molecule has 1 aromatic carbocycles. The monoisotopic (exact) mass is 418 g/mol. The van der Waals surface area contributed by atoms with Crippen LogP contribution in [-0.2, 0) is 20.7 Å². The van der Waals surface area contributed by atoms with Crippen molar-refractivity contribution in [3.63, 3.8) is 0 Å². The zero-order valence-corrected chi connectivity index (χ0v) is 16.9. The van der Waals surface area contributed by atoms with Crippen LogP contribution in [0.1, 0.15) is 10.4 Å². The number of hydrogen-bond donors (Lipinski definition) is 2. The summed E-state index contributed by atoms with van der Waals surface area (Å²) in [7, 11) is 3.04. The Morgan fingerprint density at radius 3 is 2.66 bits per heavy atom. The quantitative estimate of drug-likeness (QED) is 0.479. The molecule has 154 valence electrons. The van der Waals surface area contributed by atoms with Gasteiger partial charge in [0.15, 0.2) is 6.61 Å². The van der Waals surface area contributed by atoms with E-state index >= 15 is 0 Å². The molecular formula is C20H22N2O6S. The second-order valence-electron chi connectivity index (χ2n) is 5.68. The van der Waals surface area contributed by atoms with Crippen molar-refractivity contribution in [1.82, 2.24) is 10.6 Å². The predicted molar refractivity (Wildman–Crippen MR) is 109 cm³/mol. The minimum Gasteiger partial charge on any atom is -0.497 e. The molecule has 2 aromatic rings. The SMILES string of the molecule is COc1ccc(/C=C/C(=O)OCC(=O)NC(=O)NCCc2cccs2)c(OC)c1. The molecule has 1 aromatic heterocycles. The second kappa shape index (κ2) is 11.5. The van der Waals surface area contributed by atoms with Crippen molar-refractivity contribution in [3.8, 4) is 11.5 Å². The molecule has 0 aliphatic heterocycles. The van der Waals surface area contributed by atoms with Crippen molar-refractivity contribution < 1.29 is 28.6 Å². The van der Waals surface area contributed by atoms with Gasteiger partial charge in [-0.15, -0.1) is 11.3 Å². The molecule has 9 heteroatoms. The number of imide groups is 1. The van der Waals surface area contributed by atoms with Gasteiger partial charge in [-0.25, -0.2) is 9.59 Å². The van der Waals surface area contributed by atoms with Crippen LogP contribution in [-0.4, -0.2) is 45.3 Å². The number of hydrogen-bond acceptors (Lipinski definition) is 7. The Balaban J connectivity index is 1.71. The van der Waals surface area contributed by atoms with E-state index in [0.29, 0.717) is 30.0 Å². The first kappa shape index (κ1) is 22.0. The maximum atomic E-state index is 11.8. The predicted octanol–water partition coefficient (Wildman–Crippen LogP) is 2.39. The molecule has 0 spiro atoms. The van der Waals surface area contributed by atoms with Crippen LogP contribution in [0, 0.1) is 0 Å². The zero-order valence-electron chi connectivity index (χ0n) is 16.1. The van der Waals surface area contributed by atoms with Gasteiger partial charge in [0.2, 0.25) is 0 Å². The van der Waals surface area contributed by atoms with Crippen molar-refractivity contribution in [1.29, 1.82) is 0 Å². The molecule has 2 N–H and O–H groups in total. The Kier molecular flexibility index (Phi) is 8.71. The molecule has 0 aliphatic carbocycles. The summed E-state index contributed by atoms with van der Waals surface area (Å²) in [6.45, 7) is -0.174. The highest BCUT2D eigenvalue weighted by atomic mass is 32.1. The Morgan fingerprint density at radius 1 is 1.14 bits per heavy atom. The van der Waals surface area contributed by atoms with Crippen LogP contribution in [0.4, 0.5) is 4.79 Å². The summed E-state index contributed by atoms with van der Waals surface area (Å²) in [4.78, 5) is 36.2. The molecule has 3 amide bonds. The highest BCUT2D eigenvalue weighted by Crippen LogP contribution is 2.25. The standard InChI is InChI=1S/C20H22N2O6S/c1-26-15-7-5-14(17(12-15)27-2)6-8-19(24)28-13-18(23)22-20(25)21-10-9-16-4-3-11-29-16/h3-8,11-12H,9-10,13H2,1-2H3,(H2,21,22,23,25)/b8-6+. The van der Waals surface area contributed by atoms with Gasteiger partial charge in [-0.3, -0.25) is 10.1 Å². The van der Waals surface area contributed by atoms with E-state index in [-0.39, 0.29) is 0 Å². The van der Waals surface area contributed by atoms with Gasteiger partial charge in [-0.1, -0.05) is 6.07 Å². The topological polar surface area (TPSA) is 103 Å². The minimum atomic E-state index is -0.726. The third-order valence-corrected chi connectivity index (χ3v) is 4.61. The Morgan fingerprint density at radius 2 is 1.97 bits per heavy atom. The van der Waals surface area contributed by atoms with Crippen molar-refractivity contribution in [2.24, 2.45) is 0 Å². The third-order valence-electron chi connectivity index (χ3n) is 3.68. The number of carbonyl (C=O) groups excluding carboxylic acids is 3. The van der Waals surface area contributed by atoms with Crippen molar-refractivity contribution >= 4 is 35.3 Å². The third kappa shape index (κ3) is 7.67. The highest BCUT2D eigenvalue weighted by Gasteiger charge is 2.10. The van der Waals surface area contributed by atoms with Crippen LogP contribution in [0.5, 0.6) is 11.5 Å². The van der Waals surface area contributed by atoms with Crippen LogP contribution in [0.3, 0.4) is 0 Å². The van der Waals surface area contributed by atoms with Gasteiger partial charge in [0.05, 0.1) is 14.2 Å². The first-order valence-corrected chi connectivity index (χ1v) is 9.56. The van der Waals surface area contributed by atoms with E-state index in [0.717, 1.165) is 4.88 Å². The first-order valence-electron chi connectivity index (χ1n) is 8.68. The highest BCUT2D eigenvalue weighted by molar-refractivity contribution is 7.09. The Hall–Kier alpha value is -3.33. The van der Waals surface area contributed by atoms with E-state index in [2.05, 4.69) is 10.6 Å². The summed E-state index contributed by atoms with van der Waals surface area (Å²) in [5.41, 5.74) is 0.639. The van der Waals surface area contributed by atoms with Gasteiger partial charge in [-0.05, 0) is 36.1 Å². The van der Waals surface area contributed by atoms with Gasteiger partial charge >= 0.3 is 12.0 Å². The maximum Gasteiger partial charge on any atom is 0.331 e. The van der Waals surface area contributed by atoms with E-state index < -0.39 is 24.5 Å². The van der Waals surface area contributed by atoms with Crippen molar-refractivity contribution in [2.45, 2.75) is 6.42 Å². The molecule has 2 rings (SSSR count). The molecule has 0 unspecified atom stereocenters. The summed E-state index contributed by atoms with van der Waals surface area (Å²) in [5.74, 6) is -0.309. The molecule has 0 saturated carbocycles. The van der Waals surface area contributed by atoms with Crippen molar-refractivity contribution in [2.75, 3.05) is 27.4 Å². The van der Waals surface area contributed by atoms with Crippen LogP contribution in [0.15, 0.2) is 41.8 Å². The molecule has 1 heterocycles. The van der Waals surface area contributed by atoms with E-state index in [1.807, 2.05) is 17.5 Å². The number of benzene rings is 1. The largest absolute Gasteiger partial charge is 0.497 e. The van der Waals surface area contributed by atoms with Crippen molar-refractivity contribution in [3.05, 3.63) is 52.2 Å². The Bertz CT molecular complexity index is 864. The molecular weight excluding hydrogens is 396 g/mol. The van der Waals surface area contributed by atoms with Crippen LogP contribution in [0.25, 0.3) is 6.08 Å². The summed E-state index contributed by atoms with van der Waals surface area (Å²) >= 11 is 1.59. The lowest BCUT2D eigenvalue weighted by Crippen LogP contribution is -2.42. The summed E-state index contributed by atoms with van der Waals surface area (Å²) in [5, 5.41) is 6.62. The summed E-state index contributed by atoms with van der Waals surface area (Å²) in [6.07, 6.45) is 3.34. The zero-order chi connectivity index (χ0) is 21.1. The minimum absolute atomic E-state index is 0.395. The van der Waals surface area contributed by atoms with Crippen LogP contribution < -0.4 is 20.1 Å². The van der Waals surface area contributed by atoms with Gasteiger partial charge < -0.3 is 19.5 Å². The average Bonchev–Trinajstić information content (AvgIpc) is 3.24. The molecule has 0 radical (unpaired) electrons. The normalized spacial score (nSPS) is 10.4. The Labute approximate surface area is 172 Å². The number of urea groups is 1. The van der Waals surface area contributed by atoms with E-state index in [1.54, 1.807) is 29.5 Å². The molecule has 0 saturated heterocycles. The number of amides is 3. The summed E-state index contributed by atoms with van der Waals surface area (Å²) in [6, 6.07) is 8.37. The fourth-order valence-electron chi connectivity index (χ4n) is 2.26. The van der Waals surface area contributed by atoms with E-state index in [1.165, 1.54) is 26.4 Å². The van der Waals surface area contributed by atoms with Gasteiger partial charge in [0, 0.05) is 29.1 Å². The average molecular weight is 418 g/mol. The fourth-order valence-corrected chi connectivity index (χ4v) is 2.97. The fraction of sp³-hybridized carbons (Fsp3) is 0.250. The first-order chi connectivity index (χ1) is 14.0. The lowest BCUT2D eigenvalue weighted by molar-refractivity contribution is -0.143. The lowest BCUT2D eigenvalue weighted by atomic mass is 10.2. The van der Waals surface area contributed by atoms with Gasteiger partial charge in [0.25, 0.3) is 5.91 Å². The molecule has 8 nitrogen and oxygen atoms in total. The molecule has 0 aliphatic rings. The lowest BCUT2D eigenvalue weighted by Gasteiger charge is -2.07. The maximum absolute atomic E-state index is 11.8. The van der Waals surface area contributed by atoms with E-state index in [4.69, 9.17) is 14.2 Å². The summed E-state index contributed by atoms with van der Waals surface area (Å²) < 4.78 is 15.2.